The molecule has 1 aliphatic heterocycles. The second kappa shape index (κ2) is 3.67. The van der Waals surface area contributed by atoms with Gasteiger partial charge in [-0.1, -0.05) is 6.92 Å². The SMILES string of the molecule is CC1CCn2c(nnc2C(N)CO)C1. The lowest BCUT2D eigenvalue weighted by Crippen LogP contribution is -2.24. The van der Waals surface area contributed by atoms with Gasteiger partial charge < -0.3 is 15.4 Å². The summed E-state index contributed by atoms with van der Waals surface area (Å²) in [6, 6.07) is -0.398. The van der Waals surface area contributed by atoms with Crippen LogP contribution >= 0.6 is 0 Å². The fourth-order valence-electron chi connectivity index (χ4n) is 1.86. The number of fused-ring (bicyclic) bond motifs is 1. The summed E-state index contributed by atoms with van der Waals surface area (Å²) in [4.78, 5) is 0. The molecule has 14 heavy (non-hydrogen) atoms. The maximum Gasteiger partial charge on any atom is 0.152 e. The van der Waals surface area contributed by atoms with Gasteiger partial charge in [-0.25, -0.2) is 0 Å². The minimum atomic E-state index is -0.398. The van der Waals surface area contributed by atoms with Gasteiger partial charge in [0.2, 0.25) is 0 Å². The number of aromatic nitrogens is 3. The largest absolute Gasteiger partial charge is 0.394 e. The van der Waals surface area contributed by atoms with E-state index in [4.69, 9.17) is 10.8 Å². The van der Waals surface area contributed by atoms with Gasteiger partial charge >= 0.3 is 0 Å². The van der Waals surface area contributed by atoms with Crippen molar-refractivity contribution in [1.82, 2.24) is 14.8 Å². The molecular weight excluding hydrogens is 180 g/mol. The topological polar surface area (TPSA) is 77.0 Å². The second-order valence-corrected chi connectivity index (χ2v) is 4.01. The Bertz CT molecular complexity index is 323. The molecule has 2 heterocycles. The molecule has 1 aliphatic rings. The van der Waals surface area contributed by atoms with Crippen molar-refractivity contribution in [2.45, 2.75) is 32.4 Å². The van der Waals surface area contributed by atoms with Gasteiger partial charge in [0, 0.05) is 13.0 Å². The van der Waals surface area contributed by atoms with Crippen LogP contribution < -0.4 is 5.73 Å². The van der Waals surface area contributed by atoms with Crippen molar-refractivity contribution in [3.63, 3.8) is 0 Å². The van der Waals surface area contributed by atoms with Crippen LogP contribution in [0.2, 0.25) is 0 Å². The van der Waals surface area contributed by atoms with E-state index in [1.165, 1.54) is 0 Å². The summed E-state index contributed by atoms with van der Waals surface area (Å²) in [6.45, 7) is 3.06. The van der Waals surface area contributed by atoms with Crippen LogP contribution in [0.15, 0.2) is 0 Å². The molecule has 2 unspecified atom stereocenters. The first-order chi connectivity index (χ1) is 6.72. The fourth-order valence-corrected chi connectivity index (χ4v) is 1.86. The molecule has 1 aromatic rings. The molecule has 0 bridgehead atoms. The summed E-state index contributed by atoms with van der Waals surface area (Å²) in [5.74, 6) is 2.39. The molecule has 5 nitrogen and oxygen atoms in total. The van der Waals surface area contributed by atoms with Crippen molar-refractivity contribution < 1.29 is 5.11 Å². The molecule has 3 N–H and O–H groups in total. The number of nitrogens with two attached hydrogens (primary N) is 1. The Morgan fingerprint density at radius 2 is 2.43 bits per heavy atom. The number of nitrogens with zero attached hydrogens (tertiary/aromatic N) is 3. The third-order valence-corrected chi connectivity index (χ3v) is 2.76. The Kier molecular flexibility index (Phi) is 2.52. The smallest absolute Gasteiger partial charge is 0.152 e. The number of aliphatic hydroxyl groups is 1. The van der Waals surface area contributed by atoms with Crippen LogP contribution in [0.5, 0.6) is 0 Å². The molecular formula is C9H16N4O. The van der Waals surface area contributed by atoms with Crippen LogP contribution in [0.4, 0.5) is 0 Å². The minimum Gasteiger partial charge on any atom is -0.394 e. The molecule has 0 fully saturated rings. The van der Waals surface area contributed by atoms with Crippen LogP contribution in [0.3, 0.4) is 0 Å². The van der Waals surface area contributed by atoms with Crippen LogP contribution in [0.1, 0.15) is 31.0 Å². The summed E-state index contributed by atoms with van der Waals surface area (Å²) in [7, 11) is 0. The van der Waals surface area contributed by atoms with Crippen LogP contribution in [0, 0.1) is 5.92 Å². The third-order valence-electron chi connectivity index (χ3n) is 2.76. The zero-order valence-corrected chi connectivity index (χ0v) is 8.35. The first kappa shape index (κ1) is 9.61. The van der Waals surface area contributed by atoms with E-state index < -0.39 is 6.04 Å². The van der Waals surface area contributed by atoms with Gasteiger partial charge in [0.1, 0.15) is 5.82 Å². The first-order valence-corrected chi connectivity index (χ1v) is 5.00. The van der Waals surface area contributed by atoms with E-state index in [-0.39, 0.29) is 6.61 Å². The normalized spacial score (nSPS) is 23.2. The minimum absolute atomic E-state index is 0.0757. The summed E-state index contributed by atoms with van der Waals surface area (Å²) in [6.07, 6.45) is 2.10. The fraction of sp³-hybridized carbons (Fsp3) is 0.778. The zero-order valence-electron chi connectivity index (χ0n) is 8.35. The van der Waals surface area contributed by atoms with Crippen molar-refractivity contribution in [2.75, 3.05) is 6.61 Å². The maximum absolute atomic E-state index is 8.95. The molecule has 2 atom stereocenters. The van der Waals surface area contributed by atoms with E-state index in [1.54, 1.807) is 0 Å². The lowest BCUT2D eigenvalue weighted by Gasteiger charge is -2.21. The average Bonchev–Trinajstić information content (AvgIpc) is 2.59. The third kappa shape index (κ3) is 1.53. The van der Waals surface area contributed by atoms with Crippen molar-refractivity contribution >= 4 is 0 Å². The average molecular weight is 196 g/mol. The summed E-state index contributed by atoms with van der Waals surface area (Å²) >= 11 is 0. The van der Waals surface area contributed by atoms with Crippen LogP contribution in [-0.2, 0) is 13.0 Å². The van der Waals surface area contributed by atoms with E-state index in [1.807, 2.05) is 4.57 Å². The molecule has 1 aromatic heterocycles. The monoisotopic (exact) mass is 196 g/mol. The van der Waals surface area contributed by atoms with E-state index >= 15 is 0 Å². The van der Waals surface area contributed by atoms with Crippen LogP contribution in [-0.4, -0.2) is 26.5 Å². The molecule has 5 heteroatoms. The predicted octanol–water partition coefficient (Wildman–Crippen LogP) is -0.148. The number of aliphatic hydroxyl groups excluding tert-OH is 1. The van der Waals surface area contributed by atoms with E-state index in [0.29, 0.717) is 5.92 Å². The Labute approximate surface area is 82.9 Å². The first-order valence-electron chi connectivity index (χ1n) is 5.00. The summed E-state index contributed by atoms with van der Waals surface area (Å²) < 4.78 is 2.04. The van der Waals surface area contributed by atoms with Crippen molar-refractivity contribution in [1.29, 1.82) is 0 Å². The van der Waals surface area contributed by atoms with Gasteiger partial charge in [-0.3, -0.25) is 0 Å². The number of rotatable bonds is 2. The molecule has 0 aliphatic carbocycles. The molecule has 0 aromatic carbocycles. The maximum atomic E-state index is 8.95. The van der Waals surface area contributed by atoms with Gasteiger partial charge in [-0.05, 0) is 12.3 Å². The molecule has 0 radical (unpaired) electrons. The molecule has 0 spiro atoms. The Balaban J connectivity index is 2.28. The van der Waals surface area contributed by atoms with Gasteiger partial charge in [0.25, 0.3) is 0 Å². The molecule has 2 rings (SSSR count). The van der Waals surface area contributed by atoms with Gasteiger partial charge in [-0.2, -0.15) is 0 Å². The Morgan fingerprint density at radius 1 is 1.64 bits per heavy atom. The van der Waals surface area contributed by atoms with E-state index in [0.717, 1.165) is 31.0 Å². The van der Waals surface area contributed by atoms with Crippen molar-refractivity contribution in [2.24, 2.45) is 11.7 Å². The molecule has 78 valence electrons. The van der Waals surface area contributed by atoms with E-state index in [9.17, 15) is 0 Å². The van der Waals surface area contributed by atoms with Gasteiger partial charge in [0.05, 0.1) is 12.6 Å². The lowest BCUT2D eigenvalue weighted by atomic mass is 10.0. The Morgan fingerprint density at radius 3 is 3.14 bits per heavy atom. The lowest BCUT2D eigenvalue weighted by molar-refractivity contribution is 0.258. The Hall–Kier alpha value is -0.940. The highest BCUT2D eigenvalue weighted by Gasteiger charge is 2.22. The highest BCUT2D eigenvalue weighted by molar-refractivity contribution is 5.03. The predicted molar refractivity (Wildman–Crippen MR) is 51.5 cm³/mol. The van der Waals surface area contributed by atoms with Crippen LogP contribution in [0.25, 0.3) is 0 Å². The van der Waals surface area contributed by atoms with Crippen molar-refractivity contribution in [3.8, 4) is 0 Å². The summed E-state index contributed by atoms with van der Waals surface area (Å²) in [5, 5.41) is 17.1. The number of hydrogen-bond acceptors (Lipinski definition) is 4. The number of hydrogen-bond donors (Lipinski definition) is 2. The second-order valence-electron chi connectivity index (χ2n) is 4.01. The van der Waals surface area contributed by atoms with Gasteiger partial charge in [0.15, 0.2) is 5.82 Å². The van der Waals surface area contributed by atoms with E-state index in [2.05, 4.69) is 17.1 Å². The quantitative estimate of drug-likeness (QED) is 0.689. The highest BCUT2D eigenvalue weighted by Crippen LogP contribution is 2.21. The zero-order chi connectivity index (χ0) is 10.1. The molecule has 0 amide bonds. The highest BCUT2D eigenvalue weighted by atomic mass is 16.3. The summed E-state index contributed by atoms with van der Waals surface area (Å²) in [5.41, 5.74) is 5.72. The van der Waals surface area contributed by atoms with Gasteiger partial charge in [-0.15, -0.1) is 10.2 Å². The molecule has 0 saturated carbocycles. The standard InChI is InChI=1S/C9H16N4O/c1-6-2-3-13-8(4-6)11-12-9(13)7(10)5-14/h6-7,14H,2-5,10H2,1H3. The molecule has 0 saturated heterocycles. The van der Waals surface area contributed by atoms with Crippen molar-refractivity contribution in [3.05, 3.63) is 11.6 Å².